The minimum atomic E-state index is -4.52. The second kappa shape index (κ2) is 8.17. The molecule has 0 unspecified atom stereocenters. The number of hydrogen-bond acceptors (Lipinski definition) is 5. The van der Waals surface area contributed by atoms with Gasteiger partial charge in [-0.1, -0.05) is 12.1 Å². The molecule has 1 fully saturated rings. The molecule has 1 saturated heterocycles. The first-order valence-electron chi connectivity index (χ1n) is 9.42. The van der Waals surface area contributed by atoms with Gasteiger partial charge in [-0.15, -0.1) is 5.10 Å². The minimum absolute atomic E-state index is 0.0243. The molecule has 1 aliphatic heterocycles. The fraction of sp³-hybridized carbons (Fsp3) is 0.250. The Morgan fingerprint density at radius 1 is 0.839 bits per heavy atom. The smallest absolute Gasteiger partial charge is 0.335 e. The van der Waals surface area contributed by atoms with Crippen molar-refractivity contribution in [3.8, 4) is 5.69 Å². The van der Waals surface area contributed by atoms with Crippen molar-refractivity contribution in [2.24, 2.45) is 0 Å². The van der Waals surface area contributed by atoms with Crippen LogP contribution in [0.4, 0.5) is 13.2 Å². The average Bonchev–Trinajstić information content (AvgIpc) is 3.33. The number of piperazine rings is 1. The number of hydrogen-bond donors (Lipinski definition) is 0. The third-order valence-electron chi connectivity index (χ3n) is 5.00. The molecule has 8 nitrogen and oxygen atoms in total. The number of benzene rings is 2. The van der Waals surface area contributed by atoms with Gasteiger partial charge in [-0.05, 0) is 46.8 Å². The van der Waals surface area contributed by atoms with Crippen LogP contribution in [-0.2, 0) is 6.18 Å². The molecule has 2 amide bonds. The van der Waals surface area contributed by atoms with E-state index in [9.17, 15) is 22.8 Å². The monoisotopic (exact) mass is 430 g/mol. The predicted octanol–water partition coefficient (Wildman–Crippen LogP) is 2.28. The number of tetrazole rings is 1. The molecule has 0 atom stereocenters. The summed E-state index contributed by atoms with van der Waals surface area (Å²) in [6, 6.07) is 11.2. The highest BCUT2D eigenvalue weighted by molar-refractivity contribution is 5.96. The first-order chi connectivity index (χ1) is 14.8. The van der Waals surface area contributed by atoms with E-state index in [1.54, 1.807) is 29.2 Å². The number of carbonyl (C=O) groups excluding carboxylic acids is 2. The summed E-state index contributed by atoms with van der Waals surface area (Å²) in [5, 5.41) is 10.9. The lowest BCUT2D eigenvalue weighted by Crippen LogP contribution is -2.50. The Kier molecular flexibility index (Phi) is 5.40. The van der Waals surface area contributed by atoms with Gasteiger partial charge in [-0.25, -0.2) is 4.68 Å². The zero-order valence-electron chi connectivity index (χ0n) is 16.2. The van der Waals surface area contributed by atoms with Crippen molar-refractivity contribution >= 4 is 11.8 Å². The van der Waals surface area contributed by atoms with E-state index >= 15 is 0 Å². The van der Waals surface area contributed by atoms with Crippen LogP contribution in [0.1, 0.15) is 26.3 Å². The third kappa shape index (κ3) is 4.39. The van der Waals surface area contributed by atoms with Crippen LogP contribution in [0.3, 0.4) is 0 Å². The van der Waals surface area contributed by atoms with Gasteiger partial charge in [-0.3, -0.25) is 9.59 Å². The van der Waals surface area contributed by atoms with Crippen LogP contribution in [0.2, 0.25) is 0 Å². The van der Waals surface area contributed by atoms with Crippen molar-refractivity contribution in [3.63, 3.8) is 0 Å². The van der Waals surface area contributed by atoms with E-state index in [0.717, 1.165) is 12.1 Å². The Labute approximate surface area is 174 Å². The lowest BCUT2D eigenvalue weighted by Gasteiger charge is -2.35. The van der Waals surface area contributed by atoms with Gasteiger partial charge in [0.15, 0.2) is 0 Å². The van der Waals surface area contributed by atoms with Crippen LogP contribution in [0.25, 0.3) is 5.69 Å². The molecule has 2 aromatic carbocycles. The maximum absolute atomic E-state index is 12.9. The second-order valence-electron chi connectivity index (χ2n) is 6.97. The van der Waals surface area contributed by atoms with Crippen molar-refractivity contribution < 1.29 is 22.8 Å². The molecule has 0 bridgehead atoms. The first-order valence-corrected chi connectivity index (χ1v) is 9.42. The minimum Gasteiger partial charge on any atom is -0.335 e. The zero-order valence-corrected chi connectivity index (χ0v) is 16.2. The van der Waals surface area contributed by atoms with E-state index in [-0.39, 0.29) is 37.6 Å². The number of alkyl halides is 3. The molecule has 2 heterocycles. The van der Waals surface area contributed by atoms with Crippen LogP contribution in [0.5, 0.6) is 0 Å². The number of rotatable bonds is 3. The van der Waals surface area contributed by atoms with Crippen molar-refractivity contribution in [1.82, 2.24) is 30.0 Å². The maximum Gasteiger partial charge on any atom is 0.416 e. The fourth-order valence-corrected chi connectivity index (χ4v) is 3.37. The number of aromatic nitrogens is 4. The normalized spacial score (nSPS) is 14.5. The van der Waals surface area contributed by atoms with Crippen LogP contribution >= 0.6 is 0 Å². The molecule has 0 N–H and O–H groups in total. The Bertz CT molecular complexity index is 1090. The van der Waals surface area contributed by atoms with Gasteiger partial charge in [0.05, 0.1) is 11.3 Å². The zero-order chi connectivity index (χ0) is 22.0. The summed E-state index contributed by atoms with van der Waals surface area (Å²) in [5.74, 6) is -0.694. The Morgan fingerprint density at radius 3 is 1.97 bits per heavy atom. The molecule has 4 rings (SSSR count). The van der Waals surface area contributed by atoms with Gasteiger partial charge < -0.3 is 9.80 Å². The van der Waals surface area contributed by atoms with Crippen LogP contribution < -0.4 is 0 Å². The summed E-state index contributed by atoms with van der Waals surface area (Å²) < 4.78 is 40.2. The van der Waals surface area contributed by atoms with E-state index < -0.39 is 17.6 Å². The largest absolute Gasteiger partial charge is 0.416 e. The number of carbonyl (C=O) groups is 2. The quantitative estimate of drug-likeness (QED) is 0.637. The van der Waals surface area contributed by atoms with Crippen molar-refractivity contribution in [2.75, 3.05) is 26.2 Å². The van der Waals surface area contributed by atoms with Crippen LogP contribution in [0, 0.1) is 0 Å². The van der Waals surface area contributed by atoms with Gasteiger partial charge in [-0.2, -0.15) is 13.2 Å². The molecule has 0 aliphatic carbocycles. The van der Waals surface area contributed by atoms with Crippen molar-refractivity contribution in [3.05, 3.63) is 71.5 Å². The standard InChI is InChI=1S/C20H17F3N6O2/c21-20(22,23)16-5-1-3-14(11-16)18(30)27-7-9-28(10-8-27)19(31)15-4-2-6-17(12-15)29-13-24-25-26-29/h1-6,11-13H,7-10H2. The molecule has 31 heavy (non-hydrogen) atoms. The number of amides is 2. The van der Waals surface area contributed by atoms with Gasteiger partial charge in [0, 0.05) is 37.3 Å². The van der Waals surface area contributed by atoms with E-state index in [0.29, 0.717) is 11.3 Å². The van der Waals surface area contributed by atoms with Crippen molar-refractivity contribution in [2.45, 2.75) is 6.18 Å². The molecule has 0 saturated carbocycles. The van der Waals surface area contributed by atoms with Gasteiger partial charge >= 0.3 is 6.18 Å². The van der Waals surface area contributed by atoms with Crippen LogP contribution in [0.15, 0.2) is 54.9 Å². The summed E-state index contributed by atoms with van der Waals surface area (Å²) in [6.45, 7) is 1.01. The second-order valence-corrected chi connectivity index (χ2v) is 6.97. The third-order valence-corrected chi connectivity index (χ3v) is 5.00. The Balaban J connectivity index is 1.41. The summed E-state index contributed by atoms with van der Waals surface area (Å²) in [7, 11) is 0. The molecule has 160 valence electrons. The van der Waals surface area contributed by atoms with Crippen LogP contribution in [-0.4, -0.2) is 68.0 Å². The highest BCUT2D eigenvalue weighted by atomic mass is 19.4. The Morgan fingerprint density at radius 2 is 1.42 bits per heavy atom. The van der Waals surface area contributed by atoms with E-state index in [1.807, 2.05) is 0 Å². The number of halogens is 3. The molecule has 3 aromatic rings. The first kappa shape index (κ1) is 20.5. The summed E-state index contributed by atoms with van der Waals surface area (Å²) in [4.78, 5) is 28.6. The lowest BCUT2D eigenvalue weighted by molar-refractivity contribution is -0.137. The van der Waals surface area contributed by atoms with Gasteiger partial charge in [0.1, 0.15) is 6.33 Å². The number of nitrogens with zero attached hydrogens (tertiary/aromatic N) is 6. The molecular weight excluding hydrogens is 413 g/mol. The molecule has 1 aromatic heterocycles. The fourth-order valence-electron chi connectivity index (χ4n) is 3.37. The predicted molar refractivity (Wildman–Crippen MR) is 102 cm³/mol. The highest BCUT2D eigenvalue weighted by Crippen LogP contribution is 2.29. The Hall–Kier alpha value is -3.76. The average molecular weight is 430 g/mol. The molecular formula is C20H17F3N6O2. The maximum atomic E-state index is 12.9. The lowest BCUT2D eigenvalue weighted by atomic mass is 10.1. The molecule has 0 spiro atoms. The van der Waals surface area contributed by atoms with E-state index in [4.69, 9.17) is 0 Å². The molecule has 11 heteroatoms. The summed E-state index contributed by atoms with van der Waals surface area (Å²) in [6.07, 6.45) is -3.10. The summed E-state index contributed by atoms with van der Waals surface area (Å²) in [5.41, 5.74) is 0.193. The molecule has 0 radical (unpaired) electrons. The SMILES string of the molecule is O=C(c1cccc(-n2cnnn2)c1)N1CCN(C(=O)c2cccc(C(F)(F)F)c2)CC1. The molecule has 1 aliphatic rings. The van der Waals surface area contributed by atoms with Crippen molar-refractivity contribution in [1.29, 1.82) is 0 Å². The highest BCUT2D eigenvalue weighted by Gasteiger charge is 2.32. The van der Waals surface area contributed by atoms with E-state index in [2.05, 4.69) is 15.5 Å². The van der Waals surface area contributed by atoms with E-state index in [1.165, 1.54) is 28.0 Å². The van der Waals surface area contributed by atoms with Gasteiger partial charge in [0.2, 0.25) is 0 Å². The topological polar surface area (TPSA) is 84.2 Å². The van der Waals surface area contributed by atoms with Gasteiger partial charge in [0.25, 0.3) is 11.8 Å². The summed E-state index contributed by atoms with van der Waals surface area (Å²) >= 11 is 0.